The number of fused-ring (bicyclic) bond motifs is 12. The molecule has 0 bridgehead atoms. The number of allylic oxidation sites excluding steroid dienone is 1. The molecule has 3 aliphatic rings. The predicted molar refractivity (Wildman–Crippen MR) is 265 cm³/mol. The Balaban J connectivity index is 1.19. The summed E-state index contributed by atoms with van der Waals surface area (Å²) in [7, 11) is 0. The van der Waals surface area contributed by atoms with Crippen molar-refractivity contribution in [2.24, 2.45) is 5.92 Å². The van der Waals surface area contributed by atoms with Crippen LogP contribution in [0.15, 0.2) is 206 Å². The Hall–Kier alpha value is -6.90. The van der Waals surface area contributed by atoms with E-state index in [-0.39, 0.29) is 22.7 Å². The van der Waals surface area contributed by atoms with Gasteiger partial charge >= 0.3 is 0 Å². The molecule has 0 radical (unpaired) electrons. The van der Waals surface area contributed by atoms with Gasteiger partial charge in [-0.15, -0.1) is 0 Å². The highest BCUT2D eigenvalue weighted by Crippen LogP contribution is 2.68. The largest absolute Gasteiger partial charge is 0.310 e. The Bertz CT molecular complexity index is 2970. The van der Waals surface area contributed by atoms with Gasteiger partial charge in [0.1, 0.15) is 0 Å². The molecule has 2 atom stereocenters. The Morgan fingerprint density at radius 3 is 1.33 bits per heavy atom. The van der Waals surface area contributed by atoms with Crippen molar-refractivity contribution in [3.63, 3.8) is 0 Å². The quantitative estimate of drug-likeness (QED) is 0.165. The van der Waals surface area contributed by atoms with Crippen LogP contribution in [0.5, 0.6) is 0 Å². The lowest BCUT2D eigenvalue weighted by Gasteiger charge is -2.41. The molecule has 11 rings (SSSR count). The third-order valence-electron chi connectivity index (χ3n) is 14.1. The standard InChI is InChI=1S/C61H54N2/c1-59(2,3)41-29-33-45(34-30-41)62(43-19-9-7-10-20-43)47-37-38-52-55(39-47)61(53-27-17-15-23-48(53)49-24-16-18-28-54(49)61)56-40-57(50-25-13-14-26-51(50)58(52)56)63(44-21-11-8-12-22-44)46-35-31-42(32-36-46)60(4,5)6/h7-40,56,58H,1-6H3. The van der Waals surface area contributed by atoms with Crippen molar-refractivity contribution in [2.45, 2.75) is 63.7 Å². The SMILES string of the molecule is CC(C)(C)c1ccc(N(C2=CC3C(c4ccccc42)c2ccc(N(c4ccccc4)c4ccc(C(C)(C)C)cc4)cc2C32c3ccccc3-c3ccccc32)c2ccccc2)cc1. The minimum absolute atomic E-state index is 0.0517. The van der Waals surface area contributed by atoms with Crippen molar-refractivity contribution in [3.8, 4) is 11.1 Å². The topological polar surface area (TPSA) is 6.48 Å². The van der Waals surface area contributed by atoms with E-state index in [1.54, 1.807) is 0 Å². The molecule has 1 spiro atoms. The van der Waals surface area contributed by atoms with Crippen molar-refractivity contribution in [3.05, 3.63) is 251 Å². The van der Waals surface area contributed by atoms with E-state index in [4.69, 9.17) is 0 Å². The Kier molecular flexibility index (Phi) is 9.03. The summed E-state index contributed by atoms with van der Waals surface area (Å²) in [6.07, 6.45) is 2.66. The highest BCUT2D eigenvalue weighted by molar-refractivity contribution is 5.94. The molecule has 0 aromatic heterocycles. The summed E-state index contributed by atoms with van der Waals surface area (Å²) in [6.45, 7) is 13.7. The van der Waals surface area contributed by atoms with Crippen LogP contribution in [0, 0.1) is 5.92 Å². The summed E-state index contributed by atoms with van der Waals surface area (Å²) < 4.78 is 0. The fourth-order valence-electron chi connectivity index (χ4n) is 11.1. The maximum absolute atomic E-state index is 2.66. The second kappa shape index (κ2) is 14.6. The normalized spacial score (nSPS) is 16.6. The second-order valence-electron chi connectivity index (χ2n) is 19.7. The van der Waals surface area contributed by atoms with E-state index in [0.717, 1.165) is 28.4 Å². The van der Waals surface area contributed by atoms with Gasteiger partial charge in [-0.25, -0.2) is 0 Å². The summed E-state index contributed by atoms with van der Waals surface area (Å²) in [6, 6.07) is 75.4. The fraction of sp³-hybridized carbons (Fsp3) is 0.180. The second-order valence-corrected chi connectivity index (χ2v) is 19.7. The Labute approximate surface area is 373 Å². The molecule has 2 unspecified atom stereocenters. The average molecular weight is 815 g/mol. The molecule has 0 amide bonds. The Morgan fingerprint density at radius 1 is 0.365 bits per heavy atom. The third-order valence-corrected chi connectivity index (χ3v) is 14.1. The maximum Gasteiger partial charge on any atom is 0.0539 e. The van der Waals surface area contributed by atoms with E-state index < -0.39 is 5.41 Å². The van der Waals surface area contributed by atoms with Crippen LogP contribution in [0.1, 0.15) is 92.0 Å². The molecule has 0 fully saturated rings. The van der Waals surface area contributed by atoms with Gasteiger partial charge in [0.2, 0.25) is 0 Å². The van der Waals surface area contributed by atoms with Gasteiger partial charge in [-0.3, -0.25) is 0 Å². The summed E-state index contributed by atoms with van der Waals surface area (Å²) in [5, 5.41) is 0. The zero-order valence-corrected chi connectivity index (χ0v) is 37.2. The molecule has 8 aromatic carbocycles. The number of hydrogen-bond acceptors (Lipinski definition) is 2. The molecular weight excluding hydrogens is 761 g/mol. The number of anilines is 5. The summed E-state index contributed by atoms with van der Waals surface area (Å²) in [5.41, 5.74) is 20.1. The molecule has 3 aliphatic carbocycles. The van der Waals surface area contributed by atoms with E-state index in [2.05, 4.69) is 258 Å². The van der Waals surface area contributed by atoms with E-state index in [1.165, 1.54) is 61.3 Å². The van der Waals surface area contributed by atoms with Crippen molar-refractivity contribution >= 4 is 34.1 Å². The zero-order chi connectivity index (χ0) is 43.1. The molecule has 0 saturated heterocycles. The highest BCUT2D eigenvalue weighted by Gasteiger charge is 2.59. The first-order chi connectivity index (χ1) is 30.5. The zero-order valence-electron chi connectivity index (χ0n) is 37.2. The molecule has 2 nitrogen and oxygen atoms in total. The van der Waals surface area contributed by atoms with E-state index >= 15 is 0 Å². The summed E-state index contributed by atoms with van der Waals surface area (Å²) in [4.78, 5) is 4.96. The van der Waals surface area contributed by atoms with Crippen LogP contribution in [-0.2, 0) is 16.2 Å². The van der Waals surface area contributed by atoms with Gasteiger partial charge in [0, 0.05) is 45.8 Å². The lowest BCUT2D eigenvalue weighted by molar-refractivity contribution is 0.458. The van der Waals surface area contributed by atoms with Crippen molar-refractivity contribution in [1.29, 1.82) is 0 Å². The average Bonchev–Trinajstić information content (AvgIpc) is 3.77. The molecule has 0 saturated carbocycles. The lowest BCUT2D eigenvalue weighted by Crippen LogP contribution is -2.35. The third kappa shape index (κ3) is 6.14. The van der Waals surface area contributed by atoms with Gasteiger partial charge in [-0.05, 0) is 122 Å². The minimum Gasteiger partial charge on any atom is -0.310 e. The van der Waals surface area contributed by atoms with Gasteiger partial charge in [0.15, 0.2) is 0 Å². The van der Waals surface area contributed by atoms with Crippen LogP contribution in [0.3, 0.4) is 0 Å². The number of para-hydroxylation sites is 2. The van der Waals surface area contributed by atoms with Crippen LogP contribution in [0.25, 0.3) is 16.8 Å². The molecule has 0 N–H and O–H groups in total. The first kappa shape index (κ1) is 39.0. The molecule has 8 aromatic rings. The first-order valence-corrected chi connectivity index (χ1v) is 22.6. The predicted octanol–water partition coefficient (Wildman–Crippen LogP) is 16.0. The van der Waals surface area contributed by atoms with Gasteiger partial charge in [-0.1, -0.05) is 187 Å². The van der Waals surface area contributed by atoms with E-state index in [1.807, 2.05) is 0 Å². The maximum atomic E-state index is 2.66. The molecule has 0 aliphatic heterocycles. The van der Waals surface area contributed by atoms with Gasteiger partial charge in [-0.2, -0.15) is 0 Å². The number of rotatable bonds is 6. The molecule has 2 heteroatoms. The first-order valence-electron chi connectivity index (χ1n) is 22.6. The number of hydrogen-bond donors (Lipinski definition) is 0. The van der Waals surface area contributed by atoms with Crippen LogP contribution in [-0.4, -0.2) is 0 Å². The molecular formula is C61H54N2. The van der Waals surface area contributed by atoms with E-state index in [9.17, 15) is 0 Å². The van der Waals surface area contributed by atoms with Crippen molar-refractivity contribution < 1.29 is 0 Å². The molecule has 308 valence electrons. The fourth-order valence-corrected chi connectivity index (χ4v) is 11.1. The van der Waals surface area contributed by atoms with E-state index in [0.29, 0.717) is 0 Å². The number of benzene rings is 8. The van der Waals surface area contributed by atoms with Gasteiger partial charge < -0.3 is 9.80 Å². The van der Waals surface area contributed by atoms with Crippen molar-refractivity contribution in [2.75, 3.05) is 9.80 Å². The highest BCUT2D eigenvalue weighted by atomic mass is 15.2. The van der Waals surface area contributed by atoms with Crippen LogP contribution >= 0.6 is 0 Å². The smallest absolute Gasteiger partial charge is 0.0539 e. The molecule has 63 heavy (non-hydrogen) atoms. The summed E-state index contributed by atoms with van der Waals surface area (Å²) in [5.74, 6) is 0.208. The van der Waals surface area contributed by atoms with Gasteiger partial charge in [0.05, 0.1) is 11.1 Å². The lowest BCUT2D eigenvalue weighted by atomic mass is 9.63. The summed E-state index contributed by atoms with van der Waals surface area (Å²) >= 11 is 0. The van der Waals surface area contributed by atoms with Crippen LogP contribution < -0.4 is 9.80 Å². The Morgan fingerprint density at radius 2 is 0.794 bits per heavy atom. The van der Waals surface area contributed by atoms with Crippen molar-refractivity contribution in [1.82, 2.24) is 0 Å². The molecule has 0 heterocycles. The minimum atomic E-state index is -0.459. The van der Waals surface area contributed by atoms with Crippen LogP contribution in [0.2, 0.25) is 0 Å². The van der Waals surface area contributed by atoms with Crippen LogP contribution in [0.4, 0.5) is 28.4 Å². The van der Waals surface area contributed by atoms with Gasteiger partial charge in [0.25, 0.3) is 0 Å². The monoisotopic (exact) mass is 814 g/mol. The number of nitrogens with zero attached hydrogens (tertiary/aromatic N) is 2.